The quantitative estimate of drug-likeness (QED) is 0.711. The summed E-state index contributed by atoms with van der Waals surface area (Å²) in [7, 11) is 0. The molecule has 17 heavy (non-hydrogen) atoms. The van der Waals surface area contributed by atoms with E-state index in [0.29, 0.717) is 10.7 Å². The van der Waals surface area contributed by atoms with Crippen LogP contribution in [0.25, 0.3) is 17.1 Å². The molecule has 0 aliphatic carbocycles. The van der Waals surface area contributed by atoms with Crippen molar-refractivity contribution in [3.8, 4) is 0 Å². The summed E-state index contributed by atoms with van der Waals surface area (Å²) in [5, 5.41) is 5.92. The largest absolute Gasteiger partial charge is 0.275 e. The molecule has 0 aliphatic heterocycles. The maximum atomic E-state index is 11.7. The molecule has 0 aliphatic rings. The molecule has 84 valence electrons. The highest BCUT2D eigenvalue weighted by Crippen LogP contribution is 2.12. The summed E-state index contributed by atoms with van der Waals surface area (Å²) in [5.41, 5.74) is 2.12. The van der Waals surface area contributed by atoms with Gasteiger partial charge in [0.25, 0.3) is 5.56 Å². The molecular formula is C11H7N3OS2. The number of rotatable bonds is 2. The second-order valence-corrected chi connectivity index (χ2v) is 5.09. The highest BCUT2D eigenvalue weighted by molar-refractivity contribution is 7.14. The topological polar surface area (TPSA) is 47.3 Å². The van der Waals surface area contributed by atoms with Gasteiger partial charge in [0.15, 0.2) is 0 Å². The van der Waals surface area contributed by atoms with Crippen LogP contribution in [-0.4, -0.2) is 14.6 Å². The Balaban J connectivity index is 2.03. The molecule has 0 amide bonds. The van der Waals surface area contributed by atoms with Crippen molar-refractivity contribution >= 4 is 39.8 Å². The summed E-state index contributed by atoms with van der Waals surface area (Å²) in [6.45, 7) is 0. The first kappa shape index (κ1) is 10.4. The van der Waals surface area contributed by atoms with E-state index < -0.39 is 0 Å². The Kier molecular flexibility index (Phi) is 2.58. The fraction of sp³-hybridized carbons (Fsp3) is 0. The molecule has 0 bridgehead atoms. The minimum atomic E-state index is -0.151. The zero-order valence-electron chi connectivity index (χ0n) is 8.61. The molecule has 0 spiro atoms. The number of nitrogens with zero attached hydrogens (tertiary/aromatic N) is 3. The highest BCUT2D eigenvalue weighted by Gasteiger charge is 2.01. The lowest BCUT2D eigenvalue weighted by molar-refractivity contribution is 0.897. The van der Waals surface area contributed by atoms with Gasteiger partial charge in [0.1, 0.15) is 5.51 Å². The van der Waals surface area contributed by atoms with Gasteiger partial charge < -0.3 is 0 Å². The summed E-state index contributed by atoms with van der Waals surface area (Å²) < 4.78 is 1.30. The monoisotopic (exact) mass is 261 g/mol. The summed E-state index contributed by atoms with van der Waals surface area (Å²) in [6, 6.07) is 5.48. The zero-order valence-corrected chi connectivity index (χ0v) is 10.2. The van der Waals surface area contributed by atoms with Crippen LogP contribution in [0.4, 0.5) is 0 Å². The second-order valence-electron chi connectivity index (χ2n) is 3.30. The number of hydrogen-bond donors (Lipinski definition) is 0. The minimum absolute atomic E-state index is 0.151. The van der Waals surface area contributed by atoms with Crippen molar-refractivity contribution in [2.75, 3.05) is 0 Å². The lowest BCUT2D eigenvalue weighted by atomic mass is 10.3. The highest BCUT2D eigenvalue weighted by atomic mass is 32.1. The van der Waals surface area contributed by atoms with Crippen LogP contribution in [0.2, 0.25) is 0 Å². The third-order valence-electron chi connectivity index (χ3n) is 2.17. The molecule has 3 aromatic rings. The van der Waals surface area contributed by atoms with Gasteiger partial charge in [0.05, 0.1) is 5.69 Å². The van der Waals surface area contributed by atoms with E-state index in [1.165, 1.54) is 21.9 Å². The van der Waals surface area contributed by atoms with Crippen LogP contribution in [0.5, 0.6) is 0 Å². The lowest BCUT2D eigenvalue weighted by Crippen LogP contribution is -2.13. The molecular weight excluding hydrogens is 254 g/mol. The van der Waals surface area contributed by atoms with E-state index in [0.717, 1.165) is 4.88 Å². The molecule has 0 atom stereocenters. The zero-order chi connectivity index (χ0) is 11.7. The second kappa shape index (κ2) is 4.23. The van der Waals surface area contributed by atoms with Crippen LogP contribution >= 0.6 is 22.7 Å². The maximum Gasteiger partial charge on any atom is 0.275 e. The van der Waals surface area contributed by atoms with Crippen molar-refractivity contribution in [1.82, 2.24) is 14.6 Å². The van der Waals surface area contributed by atoms with E-state index in [9.17, 15) is 4.79 Å². The molecule has 0 radical (unpaired) electrons. The maximum absolute atomic E-state index is 11.7. The Morgan fingerprint density at radius 2 is 2.24 bits per heavy atom. The van der Waals surface area contributed by atoms with Gasteiger partial charge in [-0.15, -0.1) is 11.3 Å². The van der Waals surface area contributed by atoms with Gasteiger partial charge in [-0.25, -0.2) is 4.98 Å². The number of hydrogen-bond acceptors (Lipinski definition) is 5. The van der Waals surface area contributed by atoms with Gasteiger partial charge in [-0.05, 0) is 23.6 Å². The Morgan fingerprint density at radius 3 is 3.06 bits per heavy atom. The third-order valence-corrected chi connectivity index (χ3v) is 3.68. The van der Waals surface area contributed by atoms with Gasteiger partial charge >= 0.3 is 0 Å². The first-order chi connectivity index (χ1) is 8.33. The molecule has 0 saturated carbocycles. The number of thiophene rings is 1. The van der Waals surface area contributed by atoms with Gasteiger partial charge in [0.2, 0.25) is 4.96 Å². The van der Waals surface area contributed by atoms with E-state index >= 15 is 0 Å². The van der Waals surface area contributed by atoms with E-state index in [-0.39, 0.29) is 5.56 Å². The Labute approximate surface area is 105 Å². The van der Waals surface area contributed by atoms with E-state index in [1.807, 2.05) is 29.7 Å². The number of aromatic nitrogens is 3. The van der Waals surface area contributed by atoms with Crippen LogP contribution in [0.3, 0.4) is 0 Å². The average Bonchev–Trinajstić information content (AvgIpc) is 2.97. The normalized spacial score (nSPS) is 11.5. The SMILES string of the molecule is O=c1cc(C=Cc2cccs2)nc2scnn12. The fourth-order valence-electron chi connectivity index (χ4n) is 1.41. The van der Waals surface area contributed by atoms with Crippen LogP contribution < -0.4 is 5.56 Å². The van der Waals surface area contributed by atoms with Crippen molar-refractivity contribution in [3.05, 3.63) is 50.0 Å². The standard InChI is InChI=1S/C11H7N3OS2/c15-10-6-8(3-4-9-2-1-5-16-9)13-11-14(10)12-7-17-11/h1-7H. The van der Waals surface area contributed by atoms with Crippen molar-refractivity contribution in [2.45, 2.75) is 0 Å². The Bertz CT molecular complexity index is 725. The lowest BCUT2D eigenvalue weighted by Gasteiger charge is -1.92. The summed E-state index contributed by atoms with van der Waals surface area (Å²) in [5.74, 6) is 0. The molecule has 0 N–H and O–H groups in total. The summed E-state index contributed by atoms with van der Waals surface area (Å²) in [6.07, 6.45) is 3.79. The van der Waals surface area contributed by atoms with Gasteiger partial charge in [0, 0.05) is 10.9 Å². The van der Waals surface area contributed by atoms with Crippen LogP contribution in [0.15, 0.2) is 33.9 Å². The van der Waals surface area contributed by atoms with Crippen molar-refractivity contribution < 1.29 is 0 Å². The number of fused-ring (bicyclic) bond motifs is 1. The minimum Gasteiger partial charge on any atom is -0.267 e. The molecule has 3 aromatic heterocycles. The first-order valence-electron chi connectivity index (χ1n) is 4.88. The smallest absolute Gasteiger partial charge is 0.267 e. The Morgan fingerprint density at radius 1 is 1.29 bits per heavy atom. The molecule has 6 heteroatoms. The molecule has 4 nitrogen and oxygen atoms in total. The van der Waals surface area contributed by atoms with E-state index in [4.69, 9.17) is 0 Å². The van der Waals surface area contributed by atoms with Crippen molar-refractivity contribution in [2.24, 2.45) is 0 Å². The van der Waals surface area contributed by atoms with Crippen LogP contribution in [0.1, 0.15) is 10.6 Å². The van der Waals surface area contributed by atoms with Crippen LogP contribution in [0, 0.1) is 0 Å². The molecule has 3 heterocycles. The average molecular weight is 261 g/mol. The summed E-state index contributed by atoms with van der Waals surface area (Å²) >= 11 is 2.99. The fourth-order valence-corrected chi connectivity index (χ4v) is 2.66. The molecule has 0 aromatic carbocycles. The molecule has 3 rings (SSSR count). The molecule has 0 unspecified atom stereocenters. The first-order valence-corrected chi connectivity index (χ1v) is 6.64. The van der Waals surface area contributed by atoms with E-state index in [1.54, 1.807) is 16.8 Å². The Hall–Kier alpha value is -1.79. The third kappa shape index (κ3) is 2.04. The van der Waals surface area contributed by atoms with Gasteiger partial charge in [-0.2, -0.15) is 9.61 Å². The van der Waals surface area contributed by atoms with E-state index in [2.05, 4.69) is 10.1 Å². The predicted octanol–water partition coefficient (Wildman–Crippen LogP) is 2.38. The molecule has 0 fully saturated rings. The van der Waals surface area contributed by atoms with Crippen LogP contribution in [-0.2, 0) is 0 Å². The van der Waals surface area contributed by atoms with Crippen molar-refractivity contribution in [1.29, 1.82) is 0 Å². The van der Waals surface area contributed by atoms with Gasteiger partial charge in [-0.3, -0.25) is 4.79 Å². The predicted molar refractivity (Wildman–Crippen MR) is 70.4 cm³/mol. The summed E-state index contributed by atoms with van der Waals surface area (Å²) in [4.78, 5) is 17.7. The van der Waals surface area contributed by atoms with Crippen molar-refractivity contribution in [3.63, 3.8) is 0 Å². The van der Waals surface area contributed by atoms with Gasteiger partial charge in [-0.1, -0.05) is 17.4 Å². The molecule has 0 saturated heterocycles.